The van der Waals surface area contributed by atoms with Crippen LogP contribution in [0.4, 0.5) is 0 Å². The van der Waals surface area contributed by atoms with Gasteiger partial charge in [0.25, 0.3) is 5.91 Å². The molecule has 0 atom stereocenters. The molecule has 1 aromatic heterocycles. The quantitative estimate of drug-likeness (QED) is 0.342. The number of nitrogens with one attached hydrogen (secondary N) is 2. The first-order chi connectivity index (χ1) is 14.5. The van der Waals surface area contributed by atoms with Crippen molar-refractivity contribution in [2.75, 3.05) is 13.6 Å². The molecule has 156 valence electrons. The van der Waals surface area contributed by atoms with Crippen LogP contribution in [0.3, 0.4) is 0 Å². The third-order valence-corrected chi connectivity index (χ3v) is 6.44. The van der Waals surface area contributed by atoms with Crippen molar-refractivity contribution >= 4 is 23.1 Å². The van der Waals surface area contributed by atoms with E-state index in [4.69, 9.17) is 0 Å². The lowest BCUT2D eigenvalue weighted by molar-refractivity contribution is -0.107. The molecule has 2 N–H and O–H groups in total. The van der Waals surface area contributed by atoms with E-state index in [2.05, 4.69) is 40.6 Å². The number of hydrogen-bond donors (Lipinski definition) is 2. The maximum absolute atomic E-state index is 13.4. The molecule has 5 heteroatoms. The van der Waals surface area contributed by atoms with Crippen molar-refractivity contribution in [3.05, 3.63) is 59.8 Å². The van der Waals surface area contributed by atoms with Crippen molar-refractivity contribution < 1.29 is 9.59 Å². The van der Waals surface area contributed by atoms with E-state index in [0.717, 1.165) is 59.7 Å². The fourth-order valence-electron chi connectivity index (χ4n) is 4.65. The summed E-state index contributed by atoms with van der Waals surface area (Å²) < 4.78 is 0. The van der Waals surface area contributed by atoms with Crippen LogP contribution in [0.25, 0.3) is 22.0 Å². The largest absolute Gasteiger partial charge is 0.361 e. The molecule has 1 aliphatic rings. The highest BCUT2D eigenvalue weighted by Gasteiger charge is 2.40. The van der Waals surface area contributed by atoms with E-state index in [-0.39, 0.29) is 11.6 Å². The minimum atomic E-state index is -0.357. The predicted octanol–water partition coefficient (Wildman–Crippen LogP) is 4.66. The lowest BCUT2D eigenvalue weighted by Crippen LogP contribution is -2.58. The first kappa shape index (κ1) is 20.4. The summed E-state index contributed by atoms with van der Waals surface area (Å²) in [6.07, 6.45) is 7.34. The monoisotopic (exact) mass is 403 g/mol. The number of carbonyl (C=O) groups is 2. The molecule has 1 saturated carbocycles. The average molecular weight is 404 g/mol. The molecule has 0 aliphatic heterocycles. The highest BCUT2D eigenvalue weighted by atomic mass is 16.2. The molecule has 0 radical (unpaired) electrons. The molecule has 2 aromatic carbocycles. The van der Waals surface area contributed by atoms with Crippen LogP contribution in [-0.2, 0) is 4.79 Å². The van der Waals surface area contributed by atoms with Gasteiger partial charge in [0.2, 0.25) is 0 Å². The molecule has 1 heterocycles. The standard InChI is InChI=1S/C25H29N3O2/c1-18-16-19(20-7-9-23-21(17-20)10-14-26-23)6-8-22(18)24(30)28(2)25(11-3-4-12-25)27-13-5-15-29/h6-10,14-17,26-27H,3-5,11-13H2,1-2H3. The zero-order chi connectivity index (χ0) is 21.1. The van der Waals surface area contributed by atoms with Crippen LogP contribution >= 0.6 is 0 Å². The van der Waals surface area contributed by atoms with E-state index < -0.39 is 0 Å². The number of rotatable bonds is 7. The third-order valence-electron chi connectivity index (χ3n) is 6.44. The first-order valence-electron chi connectivity index (χ1n) is 10.7. The van der Waals surface area contributed by atoms with Crippen molar-refractivity contribution in [3.8, 4) is 11.1 Å². The van der Waals surface area contributed by atoms with Crippen LogP contribution in [0, 0.1) is 6.92 Å². The van der Waals surface area contributed by atoms with Crippen molar-refractivity contribution in [1.82, 2.24) is 15.2 Å². The number of H-pyrrole nitrogens is 1. The molecule has 1 aliphatic carbocycles. The fraction of sp³-hybridized carbons (Fsp3) is 0.360. The Morgan fingerprint density at radius 2 is 1.87 bits per heavy atom. The van der Waals surface area contributed by atoms with Crippen molar-refractivity contribution in [1.29, 1.82) is 0 Å². The van der Waals surface area contributed by atoms with E-state index >= 15 is 0 Å². The highest BCUT2D eigenvalue weighted by molar-refractivity contribution is 5.97. The topological polar surface area (TPSA) is 65.2 Å². The predicted molar refractivity (Wildman–Crippen MR) is 120 cm³/mol. The van der Waals surface area contributed by atoms with E-state index in [1.54, 1.807) is 0 Å². The maximum Gasteiger partial charge on any atom is 0.255 e. The molecule has 0 unspecified atom stereocenters. The van der Waals surface area contributed by atoms with E-state index in [0.29, 0.717) is 13.0 Å². The van der Waals surface area contributed by atoms with Crippen molar-refractivity contribution in [2.24, 2.45) is 0 Å². The van der Waals surface area contributed by atoms with Gasteiger partial charge in [0.1, 0.15) is 6.29 Å². The van der Waals surface area contributed by atoms with Crippen LogP contribution in [0.2, 0.25) is 0 Å². The van der Waals surface area contributed by atoms with Crippen LogP contribution in [0.1, 0.15) is 48.0 Å². The SMILES string of the molecule is Cc1cc(-c2ccc3[nH]ccc3c2)ccc1C(=O)N(C)C1(NCCC=O)CCCC1. The lowest BCUT2D eigenvalue weighted by Gasteiger charge is -2.40. The Morgan fingerprint density at radius 1 is 1.13 bits per heavy atom. The van der Waals surface area contributed by atoms with Crippen molar-refractivity contribution in [3.63, 3.8) is 0 Å². The molecule has 1 amide bonds. The van der Waals surface area contributed by atoms with Gasteiger partial charge in [-0.05, 0) is 78.9 Å². The van der Waals surface area contributed by atoms with Gasteiger partial charge in [0, 0.05) is 37.3 Å². The lowest BCUT2D eigenvalue weighted by atomic mass is 9.97. The number of benzene rings is 2. The summed E-state index contributed by atoms with van der Waals surface area (Å²) >= 11 is 0. The fourth-order valence-corrected chi connectivity index (χ4v) is 4.65. The molecular formula is C25H29N3O2. The van der Waals surface area contributed by atoms with Gasteiger partial charge in [-0.25, -0.2) is 0 Å². The zero-order valence-electron chi connectivity index (χ0n) is 17.7. The van der Waals surface area contributed by atoms with Crippen LogP contribution in [-0.4, -0.2) is 41.3 Å². The summed E-state index contributed by atoms with van der Waals surface area (Å²) in [5.41, 5.74) is 4.71. The third kappa shape index (κ3) is 3.77. The molecule has 0 spiro atoms. The summed E-state index contributed by atoms with van der Waals surface area (Å²) in [5.74, 6) is 0.0284. The van der Waals surface area contributed by atoms with Crippen LogP contribution < -0.4 is 5.32 Å². The number of aryl methyl sites for hydroxylation is 1. The molecular weight excluding hydrogens is 374 g/mol. The van der Waals surface area contributed by atoms with Crippen LogP contribution in [0.5, 0.6) is 0 Å². The second kappa shape index (κ2) is 8.44. The number of aldehydes is 1. The summed E-state index contributed by atoms with van der Waals surface area (Å²) in [4.78, 5) is 29.2. The molecule has 3 aromatic rings. The molecule has 5 nitrogen and oxygen atoms in total. The second-order valence-electron chi connectivity index (χ2n) is 8.29. The van der Waals surface area contributed by atoms with Crippen molar-refractivity contribution in [2.45, 2.75) is 44.7 Å². The van der Waals surface area contributed by atoms with Gasteiger partial charge in [0.15, 0.2) is 0 Å². The van der Waals surface area contributed by atoms with Gasteiger partial charge >= 0.3 is 0 Å². The van der Waals surface area contributed by atoms with Gasteiger partial charge in [-0.15, -0.1) is 0 Å². The van der Waals surface area contributed by atoms with E-state index in [1.165, 1.54) is 5.39 Å². The molecule has 0 saturated heterocycles. The number of amides is 1. The smallest absolute Gasteiger partial charge is 0.255 e. The summed E-state index contributed by atoms with van der Waals surface area (Å²) in [6, 6.07) is 14.5. The van der Waals surface area contributed by atoms with Gasteiger partial charge in [0.05, 0.1) is 5.66 Å². The minimum Gasteiger partial charge on any atom is -0.361 e. The minimum absolute atomic E-state index is 0.0284. The molecule has 0 bridgehead atoms. The van der Waals surface area contributed by atoms with Gasteiger partial charge in [-0.3, -0.25) is 10.1 Å². The summed E-state index contributed by atoms with van der Waals surface area (Å²) in [6.45, 7) is 2.60. The molecule has 1 fully saturated rings. The van der Waals surface area contributed by atoms with Gasteiger partial charge < -0.3 is 14.7 Å². The van der Waals surface area contributed by atoms with E-state index in [1.807, 2.05) is 37.2 Å². The Bertz CT molecular complexity index is 1060. The summed E-state index contributed by atoms with van der Waals surface area (Å²) in [5, 5.41) is 4.66. The normalized spacial score (nSPS) is 15.4. The van der Waals surface area contributed by atoms with E-state index in [9.17, 15) is 9.59 Å². The van der Waals surface area contributed by atoms with Gasteiger partial charge in [-0.2, -0.15) is 0 Å². The number of nitrogens with zero attached hydrogens (tertiary/aromatic N) is 1. The number of hydrogen-bond acceptors (Lipinski definition) is 3. The Hall–Kier alpha value is -2.92. The second-order valence-corrected chi connectivity index (χ2v) is 8.29. The highest BCUT2D eigenvalue weighted by Crippen LogP contribution is 2.34. The zero-order valence-corrected chi connectivity index (χ0v) is 17.7. The first-order valence-corrected chi connectivity index (χ1v) is 10.7. The number of aromatic amines is 1. The Kier molecular flexibility index (Phi) is 5.73. The average Bonchev–Trinajstić information content (AvgIpc) is 3.42. The molecule has 30 heavy (non-hydrogen) atoms. The summed E-state index contributed by atoms with van der Waals surface area (Å²) in [7, 11) is 1.88. The molecule has 4 rings (SSSR count). The van der Waals surface area contributed by atoms with Gasteiger partial charge in [-0.1, -0.05) is 18.2 Å². The Labute approximate surface area is 177 Å². The number of aromatic nitrogens is 1. The Morgan fingerprint density at radius 3 is 2.60 bits per heavy atom. The Balaban J connectivity index is 1.58. The maximum atomic E-state index is 13.4. The number of fused-ring (bicyclic) bond motifs is 1. The number of carbonyl (C=O) groups excluding carboxylic acids is 2. The van der Waals surface area contributed by atoms with Crippen LogP contribution in [0.15, 0.2) is 48.7 Å².